The van der Waals surface area contributed by atoms with E-state index < -0.39 is 0 Å². The van der Waals surface area contributed by atoms with Crippen molar-refractivity contribution in [1.29, 1.82) is 0 Å². The minimum Gasteiger partial charge on any atom is -0.384 e. The van der Waals surface area contributed by atoms with E-state index in [1.54, 1.807) is 12.1 Å². The van der Waals surface area contributed by atoms with Crippen LogP contribution < -0.4 is 5.32 Å². The van der Waals surface area contributed by atoms with Gasteiger partial charge < -0.3 is 10.4 Å². The topological polar surface area (TPSA) is 49.3 Å². The number of rotatable bonds is 3. The van der Waals surface area contributed by atoms with Crippen molar-refractivity contribution in [2.24, 2.45) is 5.41 Å². The molecule has 0 heterocycles. The predicted octanol–water partition coefficient (Wildman–Crippen LogP) is 1.56. The van der Waals surface area contributed by atoms with Crippen LogP contribution in [0.25, 0.3) is 0 Å². The van der Waals surface area contributed by atoms with Crippen LogP contribution in [0, 0.1) is 17.3 Å². The first kappa shape index (κ1) is 12.7. The highest BCUT2D eigenvalue weighted by Gasteiger charge is 2.37. The maximum atomic E-state index is 12.1. The molecule has 1 amide bonds. The van der Waals surface area contributed by atoms with Gasteiger partial charge in [0.1, 0.15) is 6.61 Å². The SMILES string of the molecule is CC1(CNC(=O)c2ccccc2C#CCO)CC1. The smallest absolute Gasteiger partial charge is 0.252 e. The van der Waals surface area contributed by atoms with E-state index in [1.807, 2.05) is 12.1 Å². The molecule has 1 aromatic rings. The minimum atomic E-state index is -0.200. The van der Waals surface area contributed by atoms with Gasteiger partial charge in [-0.2, -0.15) is 0 Å². The maximum absolute atomic E-state index is 12.1. The van der Waals surface area contributed by atoms with Gasteiger partial charge in [0.2, 0.25) is 0 Å². The Morgan fingerprint density at radius 2 is 2.17 bits per heavy atom. The summed E-state index contributed by atoms with van der Waals surface area (Å²) in [6, 6.07) is 7.20. The molecular weight excluding hydrogens is 226 g/mol. The lowest BCUT2D eigenvalue weighted by Gasteiger charge is -2.10. The van der Waals surface area contributed by atoms with Gasteiger partial charge in [-0.1, -0.05) is 30.9 Å². The van der Waals surface area contributed by atoms with Crippen LogP contribution in [0.5, 0.6) is 0 Å². The number of hydrogen-bond acceptors (Lipinski definition) is 2. The van der Waals surface area contributed by atoms with Crippen molar-refractivity contribution in [3.05, 3.63) is 35.4 Å². The lowest BCUT2D eigenvalue weighted by Crippen LogP contribution is -2.29. The fourth-order valence-electron chi connectivity index (χ4n) is 1.70. The highest BCUT2D eigenvalue weighted by Crippen LogP contribution is 2.44. The fraction of sp³-hybridized carbons (Fsp3) is 0.400. The predicted molar refractivity (Wildman–Crippen MR) is 70.1 cm³/mol. The third kappa shape index (κ3) is 3.12. The quantitative estimate of drug-likeness (QED) is 0.792. The third-order valence-corrected chi connectivity index (χ3v) is 3.25. The standard InChI is InChI=1S/C15H17NO2/c1-15(8-9-15)11-16-14(18)13-7-3-2-5-12(13)6-4-10-17/h2-3,5,7,17H,8-11H2,1H3,(H,16,18). The summed E-state index contributed by atoms with van der Waals surface area (Å²) in [6.07, 6.45) is 2.36. The molecule has 1 aromatic carbocycles. The van der Waals surface area contributed by atoms with Crippen molar-refractivity contribution in [2.45, 2.75) is 19.8 Å². The van der Waals surface area contributed by atoms with Crippen LogP contribution in [0.1, 0.15) is 35.7 Å². The summed E-state index contributed by atoms with van der Waals surface area (Å²) in [5, 5.41) is 11.7. The molecule has 94 valence electrons. The Morgan fingerprint density at radius 1 is 1.44 bits per heavy atom. The van der Waals surface area contributed by atoms with E-state index in [1.165, 1.54) is 12.8 Å². The van der Waals surface area contributed by atoms with Gasteiger partial charge in [0.05, 0.1) is 5.56 Å². The Labute approximate surface area is 107 Å². The second-order valence-corrected chi connectivity index (χ2v) is 5.00. The molecule has 2 rings (SSSR count). The summed E-state index contributed by atoms with van der Waals surface area (Å²) >= 11 is 0. The summed E-state index contributed by atoms with van der Waals surface area (Å²) in [6.45, 7) is 2.69. The van der Waals surface area contributed by atoms with Crippen molar-refractivity contribution >= 4 is 5.91 Å². The largest absolute Gasteiger partial charge is 0.384 e. The van der Waals surface area contributed by atoms with Crippen molar-refractivity contribution in [2.75, 3.05) is 13.2 Å². The lowest BCUT2D eigenvalue weighted by molar-refractivity contribution is 0.0946. The molecule has 18 heavy (non-hydrogen) atoms. The highest BCUT2D eigenvalue weighted by molar-refractivity contribution is 5.96. The summed E-state index contributed by atoms with van der Waals surface area (Å²) in [4.78, 5) is 12.1. The average Bonchev–Trinajstić information content (AvgIpc) is 3.12. The molecule has 0 saturated heterocycles. The van der Waals surface area contributed by atoms with Gasteiger partial charge in [-0.15, -0.1) is 0 Å². The zero-order valence-corrected chi connectivity index (χ0v) is 10.5. The van der Waals surface area contributed by atoms with Gasteiger partial charge in [0, 0.05) is 12.1 Å². The summed E-state index contributed by atoms with van der Waals surface area (Å²) in [5.74, 6) is 5.27. The Kier molecular flexibility index (Phi) is 3.69. The fourth-order valence-corrected chi connectivity index (χ4v) is 1.70. The number of aliphatic hydroxyl groups is 1. The summed E-state index contributed by atoms with van der Waals surface area (Å²) in [5.41, 5.74) is 1.52. The first-order chi connectivity index (χ1) is 8.64. The van der Waals surface area contributed by atoms with Crippen LogP contribution in [-0.4, -0.2) is 24.2 Å². The van der Waals surface area contributed by atoms with Gasteiger partial charge in [0.25, 0.3) is 5.91 Å². The average molecular weight is 243 g/mol. The van der Waals surface area contributed by atoms with Gasteiger partial charge in [-0.3, -0.25) is 4.79 Å². The Hall–Kier alpha value is -1.79. The first-order valence-electron chi connectivity index (χ1n) is 6.12. The van der Waals surface area contributed by atoms with Gasteiger partial charge in [-0.25, -0.2) is 0 Å². The molecule has 1 aliphatic carbocycles. The monoisotopic (exact) mass is 243 g/mol. The number of nitrogens with one attached hydrogen (secondary N) is 1. The zero-order chi connectivity index (χ0) is 13.0. The molecule has 3 nitrogen and oxygen atoms in total. The summed E-state index contributed by atoms with van der Waals surface area (Å²) in [7, 11) is 0. The van der Waals surface area contributed by atoms with E-state index in [-0.39, 0.29) is 12.5 Å². The van der Waals surface area contributed by atoms with Crippen molar-refractivity contribution < 1.29 is 9.90 Å². The summed E-state index contributed by atoms with van der Waals surface area (Å²) < 4.78 is 0. The van der Waals surface area contributed by atoms with E-state index in [2.05, 4.69) is 24.1 Å². The molecule has 1 saturated carbocycles. The van der Waals surface area contributed by atoms with Crippen molar-refractivity contribution in [3.8, 4) is 11.8 Å². The molecule has 2 N–H and O–H groups in total. The molecule has 0 aromatic heterocycles. The van der Waals surface area contributed by atoms with E-state index in [0.29, 0.717) is 23.1 Å². The maximum Gasteiger partial charge on any atom is 0.252 e. The van der Waals surface area contributed by atoms with Crippen LogP contribution in [0.4, 0.5) is 0 Å². The normalized spacial score (nSPS) is 15.4. The zero-order valence-electron chi connectivity index (χ0n) is 10.5. The van der Waals surface area contributed by atoms with E-state index >= 15 is 0 Å². The van der Waals surface area contributed by atoms with E-state index in [0.717, 1.165) is 0 Å². The van der Waals surface area contributed by atoms with Crippen LogP contribution in [0.15, 0.2) is 24.3 Å². The number of carbonyl (C=O) groups excluding carboxylic acids is 1. The van der Waals surface area contributed by atoms with Crippen LogP contribution in [-0.2, 0) is 0 Å². The lowest BCUT2D eigenvalue weighted by atomic mass is 10.1. The number of hydrogen-bond donors (Lipinski definition) is 2. The highest BCUT2D eigenvalue weighted by atomic mass is 16.2. The van der Waals surface area contributed by atoms with Gasteiger partial charge in [-0.05, 0) is 30.4 Å². The molecule has 0 bridgehead atoms. The first-order valence-corrected chi connectivity index (χ1v) is 6.12. The van der Waals surface area contributed by atoms with Crippen LogP contribution in [0.2, 0.25) is 0 Å². The molecule has 1 fully saturated rings. The Bertz CT molecular complexity index is 507. The molecule has 3 heteroatoms. The van der Waals surface area contributed by atoms with E-state index in [4.69, 9.17) is 5.11 Å². The second-order valence-electron chi connectivity index (χ2n) is 5.00. The molecule has 0 unspecified atom stereocenters. The molecule has 0 atom stereocenters. The third-order valence-electron chi connectivity index (χ3n) is 3.25. The Balaban J connectivity index is 2.08. The number of amides is 1. The minimum absolute atomic E-state index is 0.0917. The van der Waals surface area contributed by atoms with E-state index in [9.17, 15) is 4.79 Å². The second kappa shape index (κ2) is 5.24. The van der Waals surface area contributed by atoms with Gasteiger partial charge >= 0.3 is 0 Å². The molecular formula is C15H17NO2. The van der Waals surface area contributed by atoms with Crippen molar-refractivity contribution in [1.82, 2.24) is 5.32 Å². The molecule has 0 aliphatic heterocycles. The molecule has 0 radical (unpaired) electrons. The van der Waals surface area contributed by atoms with Gasteiger partial charge in [0.15, 0.2) is 0 Å². The number of benzene rings is 1. The molecule has 1 aliphatic rings. The Morgan fingerprint density at radius 3 is 2.83 bits per heavy atom. The van der Waals surface area contributed by atoms with Crippen LogP contribution in [0.3, 0.4) is 0 Å². The number of carbonyl (C=O) groups is 1. The molecule has 0 spiro atoms. The number of aliphatic hydroxyl groups excluding tert-OH is 1. The van der Waals surface area contributed by atoms with Crippen molar-refractivity contribution in [3.63, 3.8) is 0 Å². The van der Waals surface area contributed by atoms with Crippen LogP contribution >= 0.6 is 0 Å².